The fourth-order valence-corrected chi connectivity index (χ4v) is 4.15. The minimum atomic E-state index is -1.06. The largest absolute Gasteiger partial charge is 0.388 e. The molecule has 0 bridgehead atoms. The molecule has 1 saturated heterocycles. The number of hydrogen-bond donors (Lipinski definition) is 3. The first-order chi connectivity index (χ1) is 15.7. The van der Waals surface area contributed by atoms with E-state index in [4.69, 9.17) is 11.0 Å². The number of rotatable bonds is 9. The van der Waals surface area contributed by atoms with Gasteiger partial charge in [-0.1, -0.05) is 12.1 Å². The third-order valence-electron chi connectivity index (χ3n) is 6.02. The van der Waals surface area contributed by atoms with Crippen LogP contribution < -0.4 is 16.0 Å². The first-order valence-corrected chi connectivity index (χ1v) is 10.9. The van der Waals surface area contributed by atoms with Crippen LogP contribution >= 0.6 is 0 Å². The fraction of sp³-hybridized carbons (Fsp3) is 0.478. The molecular weight excluding hydrogens is 425 g/mol. The number of carbonyl (C=O) groups excluding carboxylic acids is 1. The fourth-order valence-electron chi connectivity index (χ4n) is 4.15. The lowest BCUT2D eigenvalue weighted by Gasteiger charge is -2.42. The van der Waals surface area contributed by atoms with Crippen LogP contribution in [0.2, 0.25) is 0 Å². The van der Waals surface area contributed by atoms with Crippen molar-refractivity contribution in [1.82, 2.24) is 14.9 Å². The maximum absolute atomic E-state index is 15.3. The molecule has 33 heavy (non-hydrogen) atoms. The predicted octanol–water partition coefficient (Wildman–Crippen LogP) is 1.48. The SMILES string of the molecule is CCN(Cc1ccc(C#N)cc1)c1ncnc(NC[C@@H]2CCN(CC(N)=O)C[C@]2(C)O)c1F. The highest BCUT2D eigenvalue weighted by Gasteiger charge is 2.38. The summed E-state index contributed by atoms with van der Waals surface area (Å²) in [6.07, 6.45) is 1.95. The van der Waals surface area contributed by atoms with E-state index in [1.54, 1.807) is 24.0 Å². The Hall–Kier alpha value is -3.29. The Morgan fingerprint density at radius 2 is 2.15 bits per heavy atom. The third-order valence-corrected chi connectivity index (χ3v) is 6.02. The Balaban J connectivity index is 1.67. The number of benzene rings is 1. The van der Waals surface area contributed by atoms with Gasteiger partial charge >= 0.3 is 0 Å². The summed E-state index contributed by atoms with van der Waals surface area (Å²) in [6, 6.07) is 9.22. The Kier molecular flexibility index (Phi) is 7.79. The monoisotopic (exact) mass is 455 g/mol. The number of primary amides is 1. The Bertz CT molecular complexity index is 1010. The minimum Gasteiger partial charge on any atom is -0.388 e. The van der Waals surface area contributed by atoms with Gasteiger partial charge in [-0.15, -0.1) is 0 Å². The number of nitrogens with two attached hydrogens (primary N) is 1. The molecule has 0 unspecified atom stereocenters. The van der Waals surface area contributed by atoms with Crippen molar-refractivity contribution in [1.29, 1.82) is 5.26 Å². The second-order valence-electron chi connectivity index (χ2n) is 8.58. The van der Waals surface area contributed by atoms with E-state index in [1.165, 1.54) is 6.33 Å². The summed E-state index contributed by atoms with van der Waals surface area (Å²) in [7, 11) is 0. The molecule has 3 rings (SSSR count). The second kappa shape index (κ2) is 10.6. The van der Waals surface area contributed by atoms with Crippen molar-refractivity contribution in [3.05, 3.63) is 47.5 Å². The lowest BCUT2D eigenvalue weighted by atomic mass is 9.82. The number of β-amino-alcohol motifs (C(OH)–C–C–N with tert-alkyl or cyclic N) is 1. The smallest absolute Gasteiger partial charge is 0.231 e. The second-order valence-corrected chi connectivity index (χ2v) is 8.58. The van der Waals surface area contributed by atoms with Crippen LogP contribution in [0.1, 0.15) is 31.4 Å². The summed E-state index contributed by atoms with van der Waals surface area (Å²) in [5.41, 5.74) is 5.70. The molecule has 1 aromatic heterocycles. The third kappa shape index (κ3) is 6.15. The van der Waals surface area contributed by atoms with Gasteiger partial charge in [0.15, 0.2) is 11.6 Å². The van der Waals surface area contributed by atoms with E-state index < -0.39 is 17.3 Å². The van der Waals surface area contributed by atoms with Gasteiger partial charge in [0.1, 0.15) is 6.33 Å². The first-order valence-electron chi connectivity index (χ1n) is 10.9. The molecule has 1 amide bonds. The van der Waals surface area contributed by atoms with Crippen molar-refractivity contribution >= 4 is 17.5 Å². The maximum atomic E-state index is 15.3. The van der Waals surface area contributed by atoms with Gasteiger partial charge in [-0.2, -0.15) is 9.65 Å². The van der Waals surface area contributed by atoms with Crippen molar-refractivity contribution in [2.75, 3.05) is 42.9 Å². The molecule has 1 aliphatic rings. The van der Waals surface area contributed by atoms with E-state index in [2.05, 4.69) is 21.4 Å². The molecule has 1 aromatic carbocycles. The van der Waals surface area contributed by atoms with Crippen molar-refractivity contribution in [3.8, 4) is 6.07 Å². The van der Waals surface area contributed by atoms with Crippen molar-refractivity contribution in [2.24, 2.45) is 11.7 Å². The van der Waals surface area contributed by atoms with Gasteiger partial charge in [-0.25, -0.2) is 9.97 Å². The minimum absolute atomic E-state index is 0.0774. The molecule has 176 valence electrons. The first kappa shape index (κ1) is 24.4. The van der Waals surface area contributed by atoms with Crippen LogP contribution in [-0.4, -0.2) is 64.2 Å². The highest BCUT2D eigenvalue weighted by Crippen LogP contribution is 2.29. The van der Waals surface area contributed by atoms with Gasteiger partial charge in [0.2, 0.25) is 11.7 Å². The highest BCUT2D eigenvalue weighted by atomic mass is 19.1. The summed E-state index contributed by atoms with van der Waals surface area (Å²) in [5.74, 6) is -0.880. The van der Waals surface area contributed by atoms with E-state index in [0.29, 0.717) is 44.7 Å². The molecule has 9 nitrogen and oxygen atoms in total. The zero-order valence-corrected chi connectivity index (χ0v) is 19.0. The Morgan fingerprint density at radius 1 is 1.42 bits per heavy atom. The van der Waals surface area contributed by atoms with Crippen molar-refractivity contribution in [2.45, 2.75) is 32.4 Å². The number of amides is 1. The summed E-state index contributed by atoms with van der Waals surface area (Å²) < 4.78 is 15.3. The summed E-state index contributed by atoms with van der Waals surface area (Å²) in [4.78, 5) is 23.0. The molecular formula is C23H30FN7O2. The summed E-state index contributed by atoms with van der Waals surface area (Å²) in [6.45, 7) is 5.95. The normalized spacial score (nSPS) is 20.8. The predicted molar refractivity (Wildman–Crippen MR) is 123 cm³/mol. The number of likely N-dealkylation sites (tertiary alicyclic amines) is 1. The number of hydrogen-bond acceptors (Lipinski definition) is 8. The summed E-state index contributed by atoms with van der Waals surface area (Å²) >= 11 is 0. The lowest BCUT2D eigenvalue weighted by molar-refractivity contribution is -0.121. The van der Waals surface area contributed by atoms with Gasteiger partial charge in [0, 0.05) is 32.1 Å². The van der Waals surface area contributed by atoms with E-state index in [0.717, 1.165) is 5.56 Å². The van der Waals surface area contributed by atoms with Gasteiger partial charge in [-0.05, 0) is 44.5 Å². The molecule has 0 radical (unpaired) electrons. The molecule has 4 N–H and O–H groups in total. The number of nitrogens with zero attached hydrogens (tertiary/aromatic N) is 5. The van der Waals surface area contributed by atoms with E-state index >= 15 is 4.39 Å². The average Bonchev–Trinajstić information content (AvgIpc) is 2.77. The topological polar surface area (TPSA) is 131 Å². The van der Waals surface area contributed by atoms with Crippen LogP contribution in [0.4, 0.5) is 16.0 Å². The molecule has 10 heteroatoms. The van der Waals surface area contributed by atoms with Crippen LogP contribution in [0.25, 0.3) is 0 Å². The van der Waals surface area contributed by atoms with Gasteiger partial charge in [0.25, 0.3) is 0 Å². The Morgan fingerprint density at radius 3 is 2.76 bits per heavy atom. The molecule has 0 aliphatic carbocycles. The number of carbonyl (C=O) groups is 1. The maximum Gasteiger partial charge on any atom is 0.231 e. The van der Waals surface area contributed by atoms with Gasteiger partial charge in [0.05, 0.1) is 23.8 Å². The van der Waals surface area contributed by atoms with Crippen LogP contribution in [-0.2, 0) is 11.3 Å². The van der Waals surface area contributed by atoms with E-state index in [-0.39, 0.29) is 24.1 Å². The van der Waals surface area contributed by atoms with Crippen molar-refractivity contribution < 1.29 is 14.3 Å². The van der Waals surface area contributed by atoms with Gasteiger partial charge in [-0.3, -0.25) is 9.69 Å². The Labute approximate surface area is 193 Å². The highest BCUT2D eigenvalue weighted by molar-refractivity contribution is 5.75. The number of halogens is 1. The van der Waals surface area contributed by atoms with Crippen LogP contribution in [0, 0.1) is 23.1 Å². The standard InChI is InChI=1S/C23H30FN7O2/c1-3-31(12-17-6-4-16(10-25)5-7-17)22-20(24)21(28-15-29-22)27-11-18-8-9-30(13-19(26)32)14-23(18,2)33/h4-7,15,18,33H,3,8-9,11-14H2,1-2H3,(H2,26,32)(H,27,28,29)/t18-,23-/m0/s1. The number of aromatic nitrogens is 2. The lowest BCUT2D eigenvalue weighted by Crippen LogP contribution is -2.55. The van der Waals surface area contributed by atoms with E-state index in [9.17, 15) is 9.90 Å². The van der Waals surface area contributed by atoms with Crippen LogP contribution in [0.3, 0.4) is 0 Å². The molecule has 1 fully saturated rings. The quantitative estimate of drug-likeness (QED) is 0.518. The number of aliphatic hydroxyl groups is 1. The zero-order chi connectivity index (χ0) is 24.0. The van der Waals surface area contributed by atoms with Crippen LogP contribution in [0.5, 0.6) is 0 Å². The van der Waals surface area contributed by atoms with Crippen molar-refractivity contribution in [3.63, 3.8) is 0 Å². The van der Waals surface area contributed by atoms with Crippen LogP contribution in [0.15, 0.2) is 30.6 Å². The molecule has 2 aromatic rings. The number of nitrogens with one attached hydrogen (secondary N) is 1. The molecule has 0 saturated carbocycles. The molecule has 2 heterocycles. The average molecular weight is 456 g/mol. The number of nitriles is 1. The molecule has 1 aliphatic heterocycles. The zero-order valence-electron chi connectivity index (χ0n) is 19.0. The van der Waals surface area contributed by atoms with E-state index in [1.807, 2.05) is 24.0 Å². The molecule has 0 spiro atoms. The number of anilines is 2. The van der Waals surface area contributed by atoms with Gasteiger partial charge < -0.3 is 21.1 Å². The summed E-state index contributed by atoms with van der Waals surface area (Å²) in [5, 5.41) is 22.8. The number of piperidine rings is 1. The molecule has 2 atom stereocenters.